The minimum absolute atomic E-state index is 0.208. The number of aryl methyl sites for hydroxylation is 1. The number of pyridine rings is 1. The third-order valence-electron chi connectivity index (χ3n) is 3.01. The third kappa shape index (κ3) is 2.60. The van der Waals surface area contributed by atoms with E-state index in [9.17, 15) is 9.90 Å². The molecule has 20 heavy (non-hydrogen) atoms. The van der Waals surface area contributed by atoms with Crippen molar-refractivity contribution in [2.24, 2.45) is 0 Å². The summed E-state index contributed by atoms with van der Waals surface area (Å²) >= 11 is 0. The van der Waals surface area contributed by atoms with Crippen LogP contribution in [0.5, 0.6) is 5.75 Å². The number of aliphatic hydroxyl groups is 1. The predicted octanol–water partition coefficient (Wildman–Crippen LogP) is 1.02. The maximum Gasteiger partial charge on any atom is 0.270 e. The van der Waals surface area contributed by atoms with E-state index in [0.717, 1.165) is 0 Å². The van der Waals surface area contributed by atoms with Gasteiger partial charge in [0.15, 0.2) is 11.4 Å². The van der Waals surface area contributed by atoms with Crippen LogP contribution in [0.15, 0.2) is 18.3 Å². The van der Waals surface area contributed by atoms with E-state index in [-0.39, 0.29) is 12.5 Å². The Balaban J connectivity index is 2.48. The van der Waals surface area contributed by atoms with E-state index >= 15 is 0 Å². The monoisotopic (exact) mass is 277 g/mol. The number of hydrogen-bond donors (Lipinski definition) is 2. The van der Waals surface area contributed by atoms with Gasteiger partial charge in [0.2, 0.25) is 0 Å². The Morgan fingerprint density at radius 3 is 2.95 bits per heavy atom. The van der Waals surface area contributed by atoms with Gasteiger partial charge in [0.25, 0.3) is 5.91 Å². The molecule has 108 valence electrons. The van der Waals surface area contributed by atoms with E-state index in [1.54, 1.807) is 36.8 Å². The average molecular weight is 277 g/mol. The molecule has 2 N–H and O–H groups in total. The van der Waals surface area contributed by atoms with Crippen molar-refractivity contribution in [2.45, 2.75) is 26.4 Å². The number of aliphatic hydroxyl groups excluding tert-OH is 1. The molecule has 2 aromatic rings. The maximum absolute atomic E-state index is 12.3. The molecule has 0 saturated heterocycles. The van der Waals surface area contributed by atoms with Crippen LogP contribution in [0.3, 0.4) is 0 Å². The Morgan fingerprint density at radius 2 is 2.35 bits per heavy atom. The summed E-state index contributed by atoms with van der Waals surface area (Å²) in [6.07, 6.45) is 1.83. The van der Waals surface area contributed by atoms with Crippen molar-refractivity contribution in [3.8, 4) is 5.75 Å². The molecule has 0 saturated carbocycles. The van der Waals surface area contributed by atoms with Crippen molar-refractivity contribution >= 4 is 11.6 Å². The van der Waals surface area contributed by atoms with Crippen LogP contribution in [0.1, 0.15) is 30.0 Å². The molecule has 0 radical (unpaired) electrons. The fourth-order valence-corrected chi connectivity index (χ4v) is 2.06. The van der Waals surface area contributed by atoms with Gasteiger partial charge in [-0.3, -0.25) is 9.20 Å². The molecule has 2 rings (SSSR count). The Labute approximate surface area is 117 Å². The number of ether oxygens (including phenoxy) is 1. The largest absolute Gasteiger partial charge is 0.493 e. The van der Waals surface area contributed by atoms with Gasteiger partial charge in [0, 0.05) is 12.7 Å². The second-order valence-corrected chi connectivity index (χ2v) is 4.59. The molecule has 0 aromatic carbocycles. The number of rotatable bonds is 5. The first-order valence-corrected chi connectivity index (χ1v) is 6.58. The van der Waals surface area contributed by atoms with Gasteiger partial charge in [-0.1, -0.05) is 6.92 Å². The van der Waals surface area contributed by atoms with E-state index in [4.69, 9.17) is 4.74 Å². The smallest absolute Gasteiger partial charge is 0.270 e. The van der Waals surface area contributed by atoms with Crippen LogP contribution in [-0.2, 0) is 6.42 Å². The van der Waals surface area contributed by atoms with Crippen LogP contribution < -0.4 is 10.1 Å². The number of nitrogens with zero attached hydrogens (tertiary/aromatic N) is 2. The zero-order valence-corrected chi connectivity index (χ0v) is 11.9. The lowest BCUT2D eigenvalue weighted by Crippen LogP contribution is -2.31. The minimum Gasteiger partial charge on any atom is -0.493 e. The third-order valence-corrected chi connectivity index (χ3v) is 3.01. The first-order chi connectivity index (χ1) is 9.58. The summed E-state index contributed by atoms with van der Waals surface area (Å²) < 4.78 is 6.98. The second-order valence-electron chi connectivity index (χ2n) is 4.59. The van der Waals surface area contributed by atoms with Crippen LogP contribution in [0.2, 0.25) is 0 Å². The van der Waals surface area contributed by atoms with Crippen LogP contribution in [0.4, 0.5) is 0 Å². The molecule has 2 heterocycles. The molecule has 0 bridgehead atoms. The highest BCUT2D eigenvalue weighted by atomic mass is 16.5. The number of imidazole rings is 1. The Bertz CT molecular complexity index is 619. The summed E-state index contributed by atoms with van der Waals surface area (Å²) in [5.74, 6) is 0.375. The summed E-state index contributed by atoms with van der Waals surface area (Å²) in [6, 6.07) is 3.61. The van der Waals surface area contributed by atoms with Crippen molar-refractivity contribution in [3.63, 3.8) is 0 Å². The lowest BCUT2D eigenvalue weighted by Gasteiger charge is -2.08. The lowest BCUT2D eigenvalue weighted by atomic mass is 10.2. The number of amides is 1. The number of carbonyl (C=O) groups excluding carboxylic acids is 1. The second kappa shape index (κ2) is 5.92. The molecule has 1 unspecified atom stereocenters. The molecule has 1 amide bonds. The zero-order valence-electron chi connectivity index (χ0n) is 11.9. The molecular formula is C14H19N3O3. The summed E-state index contributed by atoms with van der Waals surface area (Å²) in [6.45, 7) is 3.78. The van der Waals surface area contributed by atoms with E-state index in [0.29, 0.717) is 29.2 Å². The number of methoxy groups -OCH3 is 1. The summed E-state index contributed by atoms with van der Waals surface area (Å²) in [7, 11) is 1.57. The molecule has 1 atom stereocenters. The minimum atomic E-state index is -0.585. The molecule has 0 fully saturated rings. The molecular weight excluding hydrogens is 258 g/mol. The van der Waals surface area contributed by atoms with Crippen molar-refractivity contribution < 1.29 is 14.6 Å². The van der Waals surface area contributed by atoms with E-state index in [1.807, 2.05) is 6.92 Å². The summed E-state index contributed by atoms with van der Waals surface area (Å²) in [4.78, 5) is 16.7. The first-order valence-electron chi connectivity index (χ1n) is 6.58. The van der Waals surface area contributed by atoms with Gasteiger partial charge in [-0.25, -0.2) is 4.98 Å². The SMILES string of the molecule is CCc1nc2c(OC)cccn2c1C(=O)NCC(C)O. The van der Waals surface area contributed by atoms with Crippen molar-refractivity contribution in [3.05, 3.63) is 29.7 Å². The number of nitrogens with one attached hydrogen (secondary N) is 1. The highest BCUT2D eigenvalue weighted by Gasteiger charge is 2.20. The predicted molar refractivity (Wildman–Crippen MR) is 75.1 cm³/mol. The fraction of sp³-hybridized carbons (Fsp3) is 0.429. The average Bonchev–Trinajstić information content (AvgIpc) is 2.82. The summed E-state index contributed by atoms with van der Waals surface area (Å²) in [5.41, 5.74) is 1.81. The maximum atomic E-state index is 12.3. The molecule has 0 aliphatic carbocycles. The standard InChI is InChI=1S/C14H19N3O3/c1-4-10-12(14(19)15-8-9(2)18)17-7-5-6-11(20-3)13(17)16-10/h5-7,9,18H,4,8H2,1-3H3,(H,15,19). The zero-order chi connectivity index (χ0) is 14.7. The van der Waals surface area contributed by atoms with Gasteiger partial charge in [0.1, 0.15) is 5.69 Å². The van der Waals surface area contributed by atoms with Crippen LogP contribution in [0.25, 0.3) is 5.65 Å². The van der Waals surface area contributed by atoms with Gasteiger partial charge in [-0.2, -0.15) is 0 Å². The van der Waals surface area contributed by atoms with Crippen LogP contribution >= 0.6 is 0 Å². The van der Waals surface area contributed by atoms with E-state index in [2.05, 4.69) is 10.3 Å². The van der Waals surface area contributed by atoms with Crippen LogP contribution in [0, 0.1) is 0 Å². The topological polar surface area (TPSA) is 75.9 Å². The number of carbonyl (C=O) groups is 1. The van der Waals surface area contributed by atoms with E-state index in [1.165, 1.54) is 0 Å². The molecule has 0 aliphatic rings. The summed E-state index contributed by atoms with van der Waals surface area (Å²) in [5, 5.41) is 12.0. The number of hydrogen-bond acceptors (Lipinski definition) is 4. The highest BCUT2D eigenvalue weighted by Crippen LogP contribution is 2.22. The number of fused-ring (bicyclic) bond motifs is 1. The molecule has 0 spiro atoms. The van der Waals surface area contributed by atoms with Crippen molar-refractivity contribution in [2.75, 3.05) is 13.7 Å². The Morgan fingerprint density at radius 1 is 1.60 bits per heavy atom. The van der Waals surface area contributed by atoms with Crippen molar-refractivity contribution in [1.29, 1.82) is 0 Å². The first kappa shape index (κ1) is 14.3. The number of aromatic nitrogens is 2. The van der Waals surface area contributed by atoms with Gasteiger partial charge >= 0.3 is 0 Å². The Kier molecular flexibility index (Phi) is 4.24. The van der Waals surface area contributed by atoms with Gasteiger partial charge < -0.3 is 15.2 Å². The van der Waals surface area contributed by atoms with E-state index < -0.39 is 6.10 Å². The van der Waals surface area contributed by atoms with Gasteiger partial charge in [-0.05, 0) is 25.5 Å². The fourth-order valence-electron chi connectivity index (χ4n) is 2.06. The molecule has 0 aliphatic heterocycles. The lowest BCUT2D eigenvalue weighted by molar-refractivity contribution is 0.0917. The Hall–Kier alpha value is -2.08. The van der Waals surface area contributed by atoms with Crippen LogP contribution in [-0.4, -0.2) is 40.2 Å². The van der Waals surface area contributed by atoms with Gasteiger partial charge in [-0.15, -0.1) is 0 Å². The van der Waals surface area contributed by atoms with Gasteiger partial charge in [0.05, 0.1) is 18.9 Å². The quantitative estimate of drug-likeness (QED) is 0.855. The normalized spacial score (nSPS) is 12.4. The van der Waals surface area contributed by atoms with Crippen molar-refractivity contribution in [1.82, 2.24) is 14.7 Å². The molecule has 6 nitrogen and oxygen atoms in total. The molecule has 6 heteroatoms. The molecule has 2 aromatic heterocycles. The highest BCUT2D eigenvalue weighted by molar-refractivity contribution is 5.95.